The Morgan fingerprint density at radius 2 is 2.00 bits per heavy atom. The van der Waals surface area contributed by atoms with E-state index in [4.69, 9.17) is 0 Å². The van der Waals surface area contributed by atoms with Gasteiger partial charge < -0.3 is 10.0 Å². The van der Waals surface area contributed by atoms with Crippen molar-refractivity contribution in [2.75, 3.05) is 26.7 Å². The van der Waals surface area contributed by atoms with E-state index in [1.807, 2.05) is 41.1 Å². The fourth-order valence-corrected chi connectivity index (χ4v) is 4.47. The molecular formula is C19H23N5O3. The van der Waals surface area contributed by atoms with Gasteiger partial charge in [-0.1, -0.05) is 18.2 Å². The topological polar surface area (TPSA) is 102 Å². The second kappa shape index (κ2) is 6.77. The van der Waals surface area contributed by atoms with Gasteiger partial charge in [0.1, 0.15) is 12.4 Å². The number of carbonyl (C=O) groups excluding carboxylic acids is 1. The van der Waals surface area contributed by atoms with Crippen LogP contribution in [-0.4, -0.2) is 74.7 Å². The molecule has 4 rings (SSSR count). The maximum atomic E-state index is 13.1. The van der Waals surface area contributed by atoms with Crippen molar-refractivity contribution in [2.45, 2.75) is 25.3 Å². The predicted molar refractivity (Wildman–Crippen MR) is 98.1 cm³/mol. The largest absolute Gasteiger partial charge is 0.480 e. The number of nitrogens with zero attached hydrogens (tertiary/aromatic N) is 4. The second-order valence-electron chi connectivity index (χ2n) is 7.65. The summed E-state index contributed by atoms with van der Waals surface area (Å²) in [5.74, 6) is -0.194. The fraction of sp³-hybridized carbons (Fsp3) is 0.474. The van der Waals surface area contributed by atoms with Gasteiger partial charge in [0.05, 0.1) is 5.56 Å². The van der Waals surface area contributed by atoms with E-state index < -0.39 is 12.0 Å². The third-order valence-electron chi connectivity index (χ3n) is 5.97. The minimum absolute atomic E-state index is 0.000957. The molecule has 1 aromatic heterocycles. The number of likely N-dealkylation sites (tertiary alicyclic amines) is 2. The summed E-state index contributed by atoms with van der Waals surface area (Å²) in [4.78, 5) is 32.5. The van der Waals surface area contributed by atoms with E-state index >= 15 is 0 Å². The van der Waals surface area contributed by atoms with Gasteiger partial charge in [0.25, 0.3) is 5.91 Å². The Balaban J connectivity index is 1.48. The van der Waals surface area contributed by atoms with Crippen LogP contribution in [0.2, 0.25) is 0 Å². The molecule has 1 spiro atoms. The van der Waals surface area contributed by atoms with E-state index in [0.717, 1.165) is 24.9 Å². The number of nitrogens with one attached hydrogen (secondary N) is 1. The number of benzene rings is 1. The highest BCUT2D eigenvalue weighted by molar-refractivity contribution is 6.00. The van der Waals surface area contributed by atoms with Crippen molar-refractivity contribution in [3.05, 3.63) is 36.2 Å². The molecule has 2 saturated heterocycles. The number of H-pyrrole nitrogens is 1. The molecule has 8 nitrogen and oxygen atoms in total. The number of amides is 1. The molecule has 0 aliphatic carbocycles. The van der Waals surface area contributed by atoms with Gasteiger partial charge in [-0.3, -0.25) is 19.6 Å². The first kappa shape index (κ1) is 17.7. The number of hydrogen-bond donors (Lipinski definition) is 2. The van der Waals surface area contributed by atoms with Gasteiger partial charge in [0.2, 0.25) is 0 Å². The number of likely N-dealkylation sites (N-methyl/N-ethyl adjacent to an activating group) is 1. The lowest BCUT2D eigenvalue weighted by Crippen LogP contribution is -2.44. The van der Waals surface area contributed by atoms with E-state index in [1.165, 1.54) is 6.33 Å². The Kier molecular flexibility index (Phi) is 4.43. The third kappa shape index (κ3) is 3.21. The number of aromatic amines is 1. The monoisotopic (exact) mass is 369 g/mol. The van der Waals surface area contributed by atoms with Gasteiger partial charge in [0.15, 0.2) is 5.82 Å². The lowest BCUT2D eigenvalue weighted by molar-refractivity contribution is -0.141. The minimum atomic E-state index is -0.756. The number of carboxylic acids is 1. The third-order valence-corrected chi connectivity index (χ3v) is 5.97. The van der Waals surface area contributed by atoms with Gasteiger partial charge in [-0.25, -0.2) is 4.98 Å². The van der Waals surface area contributed by atoms with E-state index in [9.17, 15) is 14.7 Å². The molecule has 2 aromatic rings. The van der Waals surface area contributed by atoms with Crippen LogP contribution in [0.15, 0.2) is 30.6 Å². The summed E-state index contributed by atoms with van der Waals surface area (Å²) >= 11 is 0. The lowest BCUT2D eigenvalue weighted by Gasteiger charge is -2.39. The standard InChI is InChI=1S/C19H23N5O3/c1-23-11-19(10-15(23)18(26)27)6-8-24(9-7-19)17(25)14-5-3-2-4-13(14)16-20-12-21-22-16/h2-5,12,15H,6-11H2,1H3,(H,26,27)(H,20,21,22). The molecule has 1 atom stereocenters. The molecule has 0 radical (unpaired) electrons. The molecular weight excluding hydrogens is 346 g/mol. The quantitative estimate of drug-likeness (QED) is 0.850. The molecule has 2 fully saturated rings. The maximum Gasteiger partial charge on any atom is 0.320 e. The van der Waals surface area contributed by atoms with Gasteiger partial charge in [-0.15, -0.1) is 0 Å². The summed E-state index contributed by atoms with van der Waals surface area (Å²) in [5.41, 5.74) is 1.35. The summed E-state index contributed by atoms with van der Waals surface area (Å²) in [6.45, 7) is 2.06. The number of hydrogen-bond acceptors (Lipinski definition) is 5. The molecule has 2 N–H and O–H groups in total. The summed E-state index contributed by atoms with van der Waals surface area (Å²) in [5, 5.41) is 16.1. The van der Waals surface area contributed by atoms with E-state index in [-0.39, 0.29) is 11.3 Å². The van der Waals surface area contributed by atoms with E-state index in [1.54, 1.807) is 0 Å². The predicted octanol–water partition coefficient (Wildman–Crippen LogP) is 1.48. The Morgan fingerprint density at radius 3 is 2.63 bits per heavy atom. The van der Waals surface area contributed by atoms with Crippen LogP contribution in [0.25, 0.3) is 11.4 Å². The van der Waals surface area contributed by atoms with Gasteiger partial charge in [0, 0.05) is 25.2 Å². The number of carbonyl (C=O) groups is 2. The van der Waals surface area contributed by atoms with Gasteiger partial charge in [-0.05, 0) is 37.8 Å². The summed E-state index contributed by atoms with van der Waals surface area (Å²) < 4.78 is 0. The smallest absolute Gasteiger partial charge is 0.320 e. The zero-order chi connectivity index (χ0) is 19.0. The first-order chi connectivity index (χ1) is 13.0. The van der Waals surface area contributed by atoms with Crippen LogP contribution in [0.3, 0.4) is 0 Å². The highest BCUT2D eigenvalue weighted by atomic mass is 16.4. The normalized spacial score (nSPS) is 22.3. The molecule has 0 bridgehead atoms. The molecule has 2 aliphatic heterocycles. The van der Waals surface area contributed by atoms with Crippen molar-refractivity contribution < 1.29 is 14.7 Å². The number of aromatic nitrogens is 3. The average Bonchev–Trinajstić information content (AvgIpc) is 3.30. The van der Waals surface area contributed by atoms with Crippen molar-refractivity contribution in [3.8, 4) is 11.4 Å². The molecule has 1 amide bonds. The lowest BCUT2D eigenvalue weighted by atomic mass is 9.76. The van der Waals surface area contributed by atoms with Crippen LogP contribution in [0, 0.1) is 5.41 Å². The summed E-state index contributed by atoms with van der Waals surface area (Å²) in [6, 6.07) is 6.98. The number of rotatable bonds is 3. The van der Waals surface area contributed by atoms with Crippen molar-refractivity contribution in [1.82, 2.24) is 25.0 Å². The second-order valence-corrected chi connectivity index (χ2v) is 7.65. The first-order valence-electron chi connectivity index (χ1n) is 9.16. The number of carboxylic acid groups (broad SMARTS) is 1. The van der Waals surface area contributed by atoms with E-state index in [2.05, 4.69) is 15.2 Å². The molecule has 2 aliphatic rings. The van der Waals surface area contributed by atoms with Gasteiger partial charge >= 0.3 is 5.97 Å². The van der Waals surface area contributed by atoms with E-state index in [0.29, 0.717) is 30.9 Å². The van der Waals surface area contributed by atoms with Crippen LogP contribution in [0.1, 0.15) is 29.6 Å². The molecule has 8 heteroatoms. The Labute approximate surface area is 157 Å². The van der Waals surface area contributed by atoms with Gasteiger partial charge in [-0.2, -0.15) is 5.10 Å². The Bertz CT molecular complexity index is 843. The minimum Gasteiger partial charge on any atom is -0.480 e. The highest BCUT2D eigenvalue weighted by Crippen LogP contribution is 2.43. The maximum absolute atomic E-state index is 13.1. The van der Waals surface area contributed by atoms with Crippen LogP contribution in [0.4, 0.5) is 0 Å². The molecule has 3 heterocycles. The molecule has 0 saturated carbocycles. The zero-order valence-corrected chi connectivity index (χ0v) is 15.3. The zero-order valence-electron chi connectivity index (χ0n) is 15.3. The highest BCUT2D eigenvalue weighted by Gasteiger charge is 2.47. The SMILES string of the molecule is CN1CC2(CCN(C(=O)c3ccccc3-c3ncn[nH]3)CC2)CC1C(=O)O. The molecule has 1 aromatic carbocycles. The number of piperidine rings is 1. The van der Waals surface area contributed by atoms with Crippen LogP contribution in [0.5, 0.6) is 0 Å². The molecule has 142 valence electrons. The van der Waals surface area contributed by atoms with Crippen LogP contribution < -0.4 is 0 Å². The average molecular weight is 369 g/mol. The first-order valence-corrected chi connectivity index (χ1v) is 9.16. The van der Waals surface area contributed by atoms with Crippen LogP contribution >= 0.6 is 0 Å². The molecule has 27 heavy (non-hydrogen) atoms. The Hall–Kier alpha value is -2.74. The van der Waals surface area contributed by atoms with Crippen molar-refractivity contribution in [1.29, 1.82) is 0 Å². The Morgan fingerprint density at radius 1 is 1.26 bits per heavy atom. The molecule has 1 unspecified atom stereocenters. The van der Waals surface area contributed by atoms with Crippen molar-refractivity contribution in [3.63, 3.8) is 0 Å². The number of aliphatic carboxylic acids is 1. The van der Waals surface area contributed by atoms with Crippen molar-refractivity contribution in [2.24, 2.45) is 5.41 Å². The van der Waals surface area contributed by atoms with Crippen LogP contribution in [-0.2, 0) is 4.79 Å². The summed E-state index contributed by atoms with van der Waals surface area (Å²) in [7, 11) is 1.87. The summed E-state index contributed by atoms with van der Waals surface area (Å²) in [6.07, 6.45) is 3.75. The fourth-order valence-electron chi connectivity index (χ4n) is 4.47. The van der Waals surface area contributed by atoms with Crippen molar-refractivity contribution >= 4 is 11.9 Å².